The van der Waals surface area contributed by atoms with Crippen molar-refractivity contribution in [3.8, 4) is 0 Å². The quantitative estimate of drug-likeness (QED) is 0.561. The first-order valence-corrected chi connectivity index (χ1v) is 5.39. The van der Waals surface area contributed by atoms with Crippen LogP contribution in [0.3, 0.4) is 0 Å². The van der Waals surface area contributed by atoms with Gasteiger partial charge in [0, 0.05) is 18.5 Å². The highest BCUT2D eigenvalue weighted by Crippen LogP contribution is 2.11. The average molecular weight is 235 g/mol. The Kier molecular flexibility index (Phi) is 5.65. The van der Waals surface area contributed by atoms with Gasteiger partial charge in [0.05, 0.1) is 0 Å². The Morgan fingerprint density at radius 1 is 1.20 bits per heavy atom. The van der Waals surface area contributed by atoms with Crippen LogP contribution in [0.25, 0.3) is 0 Å². The lowest BCUT2D eigenvalue weighted by molar-refractivity contribution is -0.128. The summed E-state index contributed by atoms with van der Waals surface area (Å²) in [6.45, 7) is 7.93. The molecule has 0 rings (SSSR count). The second-order valence-electron chi connectivity index (χ2n) is 4.41. The van der Waals surface area contributed by atoms with Crippen LogP contribution in [0, 0.1) is 5.41 Å². The van der Waals surface area contributed by atoms with Gasteiger partial charge in [-0.05, 0) is 6.92 Å². The van der Waals surface area contributed by atoms with Crippen molar-refractivity contribution in [3.05, 3.63) is 0 Å². The molecular formula is C10H19ClN2O2. The lowest BCUT2D eigenvalue weighted by Gasteiger charge is -2.17. The molecule has 2 N–H and O–H groups in total. The van der Waals surface area contributed by atoms with Gasteiger partial charge in [0.15, 0.2) is 0 Å². The van der Waals surface area contributed by atoms with E-state index < -0.39 is 10.8 Å². The van der Waals surface area contributed by atoms with Gasteiger partial charge in [-0.1, -0.05) is 20.8 Å². The van der Waals surface area contributed by atoms with Crippen molar-refractivity contribution in [3.63, 3.8) is 0 Å². The summed E-state index contributed by atoms with van der Waals surface area (Å²) in [5.74, 6) is -0.252. The maximum Gasteiger partial charge on any atom is 0.237 e. The molecule has 88 valence electrons. The minimum absolute atomic E-state index is 0.0318. The fraction of sp³-hybridized carbons (Fsp3) is 0.800. The number of carbonyl (C=O) groups is 2. The molecule has 0 fully saturated rings. The first-order chi connectivity index (χ1) is 6.75. The Labute approximate surface area is 95.7 Å². The number of hydrogen-bond donors (Lipinski definition) is 2. The smallest absolute Gasteiger partial charge is 0.237 e. The van der Waals surface area contributed by atoms with E-state index in [4.69, 9.17) is 11.6 Å². The summed E-state index contributed by atoms with van der Waals surface area (Å²) in [6, 6.07) is 0. The van der Waals surface area contributed by atoms with Gasteiger partial charge >= 0.3 is 0 Å². The van der Waals surface area contributed by atoms with Gasteiger partial charge in [-0.3, -0.25) is 9.59 Å². The van der Waals surface area contributed by atoms with Crippen molar-refractivity contribution < 1.29 is 9.59 Å². The molecule has 0 saturated carbocycles. The fourth-order valence-corrected chi connectivity index (χ4v) is 0.845. The second kappa shape index (κ2) is 5.95. The van der Waals surface area contributed by atoms with Gasteiger partial charge in [0.25, 0.3) is 0 Å². The molecule has 0 aromatic heterocycles. The van der Waals surface area contributed by atoms with Crippen LogP contribution < -0.4 is 10.6 Å². The number of halogens is 1. The van der Waals surface area contributed by atoms with Crippen LogP contribution >= 0.6 is 11.6 Å². The number of carbonyl (C=O) groups excluding carboxylic acids is 2. The second-order valence-corrected chi connectivity index (χ2v) is 5.07. The Morgan fingerprint density at radius 3 is 2.07 bits per heavy atom. The standard InChI is InChI=1S/C10H19ClN2O2/c1-7(11)8(14)12-5-6-13-9(15)10(2,3)4/h7H,5-6H2,1-4H3,(H,12,14)(H,13,15). The van der Waals surface area contributed by atoms with Crippen molar-refractivity contribution in [1.82, 2.24) is 10.6 Å². The molecule has 0 aromatic rings. The Balaban J connectivity index is 3.65. The molecule has 0 aromatic carbocycles. The van der Waals surface area contributed by atoms with Crippen LogP contribution in [0.4, 0.5) is 0 Å². The first-order valence-electron chi connectivity index (χ1n) is 4.95. The summed E-state index contributed by atoms with van der Waals surface area (Å²) in [5.41, 5.74) is -0.399. The van der Waals surface area contributed by atoms with E-state index in [1.807, 2.05) is 20.8 Å². The van der Waals surface area contributed by atoms with Crippen LogP contribution in [-0.4, -0.2) is 30.3 Å². The minimum Gasteiger partial charge on any atom is -0.354 e. The number of nitrogens with one attached hydrogen (secondary N) is 2. The van der Waals surface area contributed by atoms with E-state index in [0.29, 0.717) is 13.1 Å². The molecule has 1 atom stereocenters. The molecule has 0 radical (unpaired) electrons. The Morgan fingerprint density at radius 2 is 1.67 bits per heavy atom. The van der Waals surface area contributed by atoms with Gasteiger partial charge in [0.2, 0.25) is 11.8 Å². The molecule has 15 heavy (non-hydrogen) atoms. The molecule has 4 nitrogen and oxygen atoms in total. The van der Waals surface area contributed by atoms with Crippen LogP contribution in [0.5, 0.6) is 0 Å². The van der Waals surface area contributed by atoms with Crippen LogP contribution in [0.1, 0.15) is 27.7 Å². The average Bonchev–Trinajstić information content (AvgIpc) is 2.09. The molecular weight excluding hydrogens is 216 g/mol. The lowest BCUT2D eigenvalue weighted by atomic mass is 9.96. The predicted molar refractivity (Wildman–Crippen MR) is 60.8 cm³/mol. The fourth-order valence-electron chi connectivity index (χ4n) is 0.768. The molecule has 0 aliphatic heterocycles. The van der Waals surface area contributed by atoms with Crippen LogP contribution in [0.2, 0.25) is 0 Å². The molecule has 0 saturated heterocycles. The largest absolute Gasteiger partial charge is 0.354 e. The lowest BCUT2D eigenvalue weighted by Crippen LogP contribution is -2.41. The summed E-state index contributed by atoms with van der Waals surface area (Å²) in [4.78, 5) is 22.4. The summed E-state index contributed by atoms with van der Waals surface area (Å²) in [6.07, 6.45) is 0. The third-order valence-corrected chi connectivity index (χ3v) is 1.95. The van der Waals surface area contributed by atoms with Crippen molar-refractivity contribution >= 4 is 23.4 Å². The number of alkyl halides is 1. The van der Waals surface area contributed by atoms with Crippen LogP contribution in [0.15, 0.2) is 0 Å². The highest BCUT2D eigenvalue weighted by Gasteiger charge is 2.20. The van der Waals surface area contributed by atoms with Gasteiger partial charge in [-0.25, -0.2) is 0 Å². The maximum absolute atomic E-state index is 11.4. The summed E-state index contributed by atoms with van der Waals surface area (Å²) in [7, 11) is 0. The molecule has 0 spiro atoms. The number of amides is 2. The summed E-state index contributed by atoms with van der Waals surface area (Å²) >= 11 is 5.54. The highest BCUT2D eigenvalue weighted by atomic mass is 35.5. The normalized spacial score (nSPS) is 13.1. The minimum atomic E-state index is -0.539. The predicted octanol–water partition coefficient (Wildman–Crippen LogP) is 0.892. The summed E-state index contributed by atoms with van der Waals surface area (Å²) < 4.78 is 0. The molecule has 0 aliphatic rings. The molecule has 1 unspecified atom stereocenters. The number of hydrogen-bond acceptors (Lipinski definition) is 2. The maximum atomic E-state index is 11.4. The molecule has 0 aliphatic carbocycles. The van der Waals surface area contributed by atoms with Crippen molar-refractivity contribution in [2.45, 2.75) is 33.1 Å². The van der Waals surface area contributed by atoms with Crippen molar-refractivity contribution in [2.24, 2.45) is 5.41 Å². The van der Waals surface area contributed by atoms with Gasteiger partial charge in [-0.2, -0.15) is 0 Å². The van der Waals surface area contributed by atoms with E-state index in [-0.39, 0.29) is 11.8 Å². The summed E-state index contributed by atoms with van der Waals surface area (Å²) in [5, 5.41) is 4.78. The third kappa shape index (κ3) is 6.33. The third-order valence-electron chi connectivity index (χ3n) is 1.75. The van der Waals surface area contributed by atoms with Gasteiger partial charge < -0.3 is 10.6 Å². The van der Waals surface area contributed by atoms with E-state index >= 15 is 0 Å². The van der Waals surface area contributed by atoms with E-state index in [1.165, 1.54) is 0 Å². The number of rotatable bonds is 4. The van der Waals surface area contributed by atoms with Crippen molar-refractivity contribution in [2.75, 3.05) is 13.1 Å². The van der Waals surface area contributed by atoms with Crippen LogP contribution in [-0.2, 0) is 9.59 Å². The highest BCUT2D eigenvalue weighted by molar-refractivity contribution is 6.30. The first kappa shape index (κ1) is 14.2. The SMILES string of the molecule is CC(Cl)C(=O)NCCNC(=O)C(C)(C)C. The topological polar surface area (TPSA) is 58.2 Å². The van der Waals surface area contributed by atoms with Gasteiger partial charge in [-0.15, -0.1) is 11.6 Å². The molecule has 0 bridgehead atoms. The van der Waals surface area contributed by atoms with E-state index in [2.05, 4.69) is 10.6 Å². The van der Waals surface area contributed by atoms with Crippen molar-refractivity contribution in [1.29, 1.82) is 0 Å². The van der Waals surface area contributed by atoms with E-state index in [0.717, 1.165) is 0 Å². The molecule has 5 heteroatoms. The van der Waals surface area contributed by atoms with E-state index in [9.17, 15) is 9.59 Å². The molecule has 0 heterocycles. The molecule has 2 amide bonds. The van der Waals surface area contributed by atoms with Gasteiger partial charge in [0.1, 0.15) is 5.38 Å². The Hall–Kier alpha value is -0.770. The zero-order chi connectivity index (χ0) is 12.1. The Bertz CT molecular complexity index is 234. The monoisotopic (exact) mass is 234 g/mol. The zero-order valence-electron chi connectivity index (χ0n) is 9.69. The zero-order valence-corrected chi connectivity index (χ0v) is 10.4. The van der Waals surface area contributed by atoms with E-state index in [1.54, 1.807) is 6.92 Å².